The van der Waals surface area contributed by atoms with E-state index in [4.69, 9.17) is 0 Å². The number of nitrogens with zero attached hydrogens (tertiary/aromatic N) is 4. The van der Waals surface area contributed by atoms with Crippen LogP contribution in [0.5, 0.6) is 0 Å². The maximum Gasteiger partial charge on any atom is 0.293 e. The summed E-state index contributed by atoms with van der Waals surface area (Å²) in [7, 11) is -0.196. The second kappa shape index (κ2) is 10.8. The second-order valence-electron chi connectivity index (χ2n) is 8.09. The summed E-state index contributed by atoms with van der Waals surface area (Å²) in [5.41, 5.74) is 0.130. The van der Waals surface area contributed by atoms with Gasteiger partial charge in [-0.3, -0.25) is 19.8 Å². The summed E-state index contributed by atoms with van der Waals surface area (Å²) in [6, 6.07) is 4.06. The van der Waals surface area contributed by atoms with E-state index in [1.165, 1.54) is 12.1 Å². The van der Waals surface area contributed by atoms with Crippen molar-refractivity contribution in [1.82, 2.24) is 19.8 Å². The minimum absolute atomic E-state index is 0.0502. The quantitative estimate of drug-likeness (QED) is 0.374. The average Bonchev–Trinajstić information content (AvgIpc) is 2.67. The number of carbonyl (C=O) groups excluding carboxylic acids is 1. The van der Waals surface area contributed by atoms with Crippen molar-refractivity contribution in [2.75, 3.05) is 64.8 Å². The van der Waals surface area contributed by atoms with Crippen LogP contribution in [0.1, 0.15) is 13.8 Å². The number of amides is 1. The van der Waals surface area contributed by atoms with E-state index < -0.39 is 14.9 Å². The molecule has 2 rings (SSSR count). The van der Waals surface area contributed by atoms with Gasteiger partial charge in [-0.25, -0.2) is 13.1 Å². The van der Waals surface area contributed by atoms with Gasteiger partial charge in [0.05, 0.1) is 16.4 Å². The number of nitrogens with one attached hydrogen (secondary N) is 2. The van der Waals surface area contributed by atoms with Crippen LogP contribution in [-0.2, 0) is 14.8 Å². The Morgan fingerprint density at radius 3 is 2.42 bits per heavy atom. The summed E-state index contributed by atoms with van der Waals surface area (Å²) in [6.07, 6.45) is 0. The molecule has 0 aliphatic carbocycles. The maximum atomic E-state index is 12.5. The molecule has 1 aliphatic rings. The normalized spacial score (nSPS) is 15.5. The van der Waals surface area contributed by atoms with Crippen LogP contribution < -0.4 is 14.9 Å². The van der Waals surface area contributed by atoms with Gasteiger partial charge in [-0.05, 0) is 40.1 Å². The van der Waals surface area contributed by atoms with Gasteiger partial charge in [0.2, 0.25) is 15.9 Å². The lowest BCUT2D eigenvalue weighted by atomic mass is 10.2. The Balaban J connectivity index is 2.09. The van der Waals surface area contributed by atoms with Crippen molar-refractivity contribution < 1.29 is 18.1 Å². The van der Waals surface area contributed by atoms with E-state index in [2.05, 4.69) is 10.0 Å². The molecule has 0 saturated carbocycles. The highest BCUT2D eigenvalue weighted by molar-refractivity contribution is 7.89. The van der Waals surface area contributed by atoms with E-state index in [1.807, 2.05) is 42.6 Å². The van der Waals surface area contributed by atoms with Gasteiger partial charge in [0.1, 0.15) is 5.69 Å². The Labute approximate surface area is 183 Å². The van der Waals surface area contributed by atoms with E-state index in [0.29, 0.717) is 38.4 Å². The molecule has 0 bridgehead atoms. The van der Waals surface area contributed by atoms with Crippen molar-refractivity contribution in [3.05, 3.63) is 28.3 Å². The van der Waals surface area contributed by atoms with Crippen molar-refractivity contribution in [2.24, 2.45) is 0 Å². The lowest BCUT2D eigenvalue weighted by Crippen LogP contribution is -2.50. The van der Waals surface area contributed by atoms with Gasteiger partial charge in [0.15, 0.2) is 0 Å². The molecule has 0 unspecified atom stereocenters. The first-order valence-electron chi connectivity index (χ1n) is 10.2. The van der Waals surface area contributed by atoms with Crippen molar-refractivity contribution in [3.8, 4) is 0 Å². The van der Waals surface area contributed by atoms with Crippen molar-refractivity contribution >= 4 is 27.3 Å². The first kappa shape index (κ1) is 25.0. The fourth-order valence-corrected chi connectivity index (χ4v) is 4.33. The van der Waals surface area contributed by atoms with Gasteiger partial charge in [-0.1, -0.05) is 0 Å². The Hall–Kier alpha value is -2.28. The minimum atomic E-state index is -3.84. The Morgan fingerprint density at radius 1 is 1.23 bits per heavy atom. The van der Waals surface area contributed by atoms with Gasteiger partial charge >= 0.3 is 0 Å². The standard InChI is InChI=1S/C19H32N6O5S/c1-15(2)21-19(26)14-23-9-11-24(12-10-23)17-6-5-16(13-18(17)25(27)28)31(29,30)20-7-8-22(3)4/h5-6,13,15,20H,7-12,14H2,1-4H3,(H,21,26). The van der Waals surface area contributed by atoms with Gasteiger partial charge in [-0.15, -0.1) is 0 Å². The molecular weight excluding hydrogens is 424 g/mol. The van der Waals surface area contributed by atoms with Crippen LogP contribution in [0.15, 0.2) is 23.1 Å². The smallest absolute Gasteiger partial charge is 0.293 e. The minimum Gasteiger partial charge on any atom is -0.363 e. The van der Waals surface area contributed by atoms with Crippen LogP contribution >= 0.6 is 0 Å². The summed E-state index contributed by atoms with van der Waals surface area (Å²) in [6.45, 7) is 6.96. The zero-order valence-corrected chi connectivity index (χ0v) is 19.3. The van der Waals surface area contributed by atoms with Gasteiger partial charge < -0.3 is 15.1 Å². The lowest BCUT2D eigenvalue weighted by Gasteiger charge is -2.35. The number of rotatable bonds is 10. The summed E-state index contributed by atoms with van der Waals surface area (Å²) < 4.78 is 27.4. The molecule has 2 N–H and O–H groups in total. The summed E-state index contributed by atoms with van der Waals surface area (Å²) in [5, 5.41) is 14.5. The third kappa shape index (κ3) is 7.42. The molecule has 1 heterocycles. The Bertz CT molecular complexity index is 882. The predicted molar refractivity (Wildman–Crippen MR) is 119 cm³/mol. The number of nitro benzene ring substituents is 1. The van der Waals surface area contributed by atoms with Crippen LogP contribution in [0.25, 0.3) is 0 Å². The van der Waals surface area contributed by atoms with Crippen molar-refractivity contribution in [1.29, 1.82) is 0 Å². The molecule has 0 spiro atoms. The van der Waals surface area contributed by atoms with E-state index in [0.717, 1.165) is 6.07 Å². The first-order valence-corrected chi connectivity index (χ1v) is 11.7. The molecule has 1 amide bonds. The molecule has 0 aromatic heterocycles. The van der Waals surface area contributed by atoms with Crippen LogP contribution in [-0.4, -0.2) is 95.0 Å². The van der Waals surface area contributed by atoms with Crippen molar-refractivity contribution in [3.63, 3.8) is 0 Å². The number of anilines is 1. The highest BCUT2D eigenvalue weighted by Gasteiger charge is 2.27. The molecule has 174 valence electrons. The molecule has 1 aromatic rings. The van der Waals surface area contributed by atoms with Crippen LogP contribution in [0.3, 0.4) is 0 Å². The number of sulfonamides is 1. The molecule has 11 nitrogen and oxygen atoms in total. The first-order chi connectivity index (χ1) is 14.5. The monoisotopic (exact) mass is 456 g/mol. The number of piperazine rings is 1. The SMILES string of the molecule is CC(C)NC(=O)CN1CCN(c2ccc(S(=O)(=O)NCCN(C)C)cc2[N+](=O)[O-])CC1. The average molecular weight is 457 g/mol. The highest BCUT2D eigenvalue weighted by atomic mass is 32.2. The van der Waals surface area contributed by atoms with Crippen molar-refractivity contribution in [2.45, 2.75) is 24.8 Å². The number of hydrogen-bond acceptors (Lipinski definition) is 8. The molecule has 1 saturated heterocycles. The molecule has 0 radical (unpaired) electrons. The summed E-state index contributed by atoms with van der Waals surface area (Å²) in [4.78, 5) is 28.6. The largest absolute Gasteiger partial charge is 0.363 e. The Morgan fingerprint density at radius 2 is 1.87 bits per heavy atom. The molecule has 1 aliphatic heterocycles. The third-order valence-corrected chi connectivity index (χ3v) is 6.29. The highest BCUT2D eigenvalue weighted by Crippen LogP contribution is 2.31. The lowest BCUT2D eigenvalue weighted by molar-refractivity contribution is -0.384. The molecule has 31 heavy (non-hydrogen) atoms. The zero-order chi connectivity index (χ0) is 23.2. The molecular formula is C19H32N6O5S. The predicted octanol–water partition coefficient (Wildman–Crippen LogP) is 0.0813. The molecule has 0 atom stereocenters. The van der Waals surface area contributed by atoms with Gasteiger partial charge in [0, 0.05) is 51.4 Å². The van der Waals surface area contributed by atoms with Crippen LogP contribution in [0, 0.1) is 10.1 Å². The number of hydrogen-bond donors (Lipinski definition) is 2. The topological polar surface area (TPSA) is 128 Å². The second-order valence-corrected chi connectivity index (χ2v) is 9.86. The van der Waals surface area contributed by atoms with E-state index in [-0.39, 0.29) is 35.6 Å². The number of carbonyl (C=O) groups is 1. The zero-order valence-electron chi connectivity index (χ0n) is 18.5. The van der Waals surface area contributed by atoms with Gasteiger partial charge in [0.25, 0.3) is 5.69 Å². The van der Waals surface area contributed by atoms with Crippen LogP contribution in [0.2, 0.25) is 0 Å². The Kier molecular flexibility index (Phi) is 8.74. The number of nitro groups is 1. The van der Waals surface area contributed by atoms with E-state index in [1.54, 1.807) is 0 Å². The van der Waals surface area contributed by atoms with E-state index in [9.17, 15) is 23.3 Å². The number of likely N-dealkylation sites (N-methyl/N-ethyl adjacent to an activating group) is 1. The molecule has 12 heteroatoms. The maximum absolute atomic E-state index is 12.5. The fraction of sp³-hybridized carbons (Fsp3) is 0.632. The van der Waals surface area contributed by atoms with E-state index >= 15 is 0 Å². The third-order valence-electron chi connectivity index (χ3n) is 4.83. The molecule has 1 aromatic carbocycles. The van der Waals surface area contributed by atoms with Gasteiger partial charge in [-0.2, -0.15) is 0 Å². The number of benzene rings is 1. The summed E-state index contributed by atoms with van der Waals surface area (Å²) in [5.74, 6) is -0.0502. The fourth-order valence-electron chi connectivity index (χ4n) is 3.29. The summed E-state index contributed by atoms with van der Waals surface area (Å²) >= 11 is 0. The molecule has 1 fully saturated rings. The van der Waals surface area contributed by atoms with Crippen LogP contribution in [0.4, 0.5) is 11.4 Å².